The molecule has 0 aromatic heterocycles. The summed E-state index contributed by atoms with van der Waals surface area (Å²) in [5, 5.41) is 0. The third-order valence-corrected chi connectivity index (χ3v) is 5.06. The maximum atomic E-state index is 14.1. The minimum Gasteiger partial charge on any atom is -0.598 e. The smallest absolute Gasteiger partial charge is 0.136 e. The van der Waals surface area contributed by atoms with Crippen LogP contribution in [0.2, 0.25) is 0 Å². The largest absolute Gasteiger partial charge is 0.598 e. The van der Waals surface area contributed by atoms with Gasteiger partial charge in [-0.15, -0.1) is 4.72 Å². The van der Waals surface area contributed by atoms with Crippen LogP contribution in [-0.4, -0.2) is 9.30 Å². The van der Waals surface area contributed by atoms with E-state index in [9.17, 15) is 8.94 Å². The SMILES string of the molecule is C[C@H](N[S+]([O-])C(C)(C)C)c1ccc(C2CC2)cc1F. The summed E-state index contributed by atoms with van der Waals surface area (Å²) in [6.07, 6.45) is 2.33. The van der Waals surface area contributed by atoms with Gasteiger partial charge in [0.1, 0.15) is 10.6 Å². The zero-order chi connectivity index (χ0) is 14.2. The van der Waals surface area contributed by atoms with Gasteiger partial charge in [-0.25, -0.2) is 4.39 Å². The molecule has 1 N–H and O–H groups in total. The lowest BCUT2D eigenvalue weighted by Gasteiger charge is -2.26. The third kappa shape index (κ3) is 3.71. The summed E-state index contributed by atoms with van der Waals surface area (Å²) in [4.78, 5) is 0. The molecule has 1 aliphatic carbocycles. The number of benzene rings is 1. The van der Waals surface area contributed by atoms with Crippen molar-refractivity contribution < 1.29 is 8.94 Å². The molecule has 106 valence electrons. The van der Waals surface area contributed by atoms with E-state index >= 15 is 0 Å². The van der Waals surface area contributed by atoms with Gasteiger partial charge < -0.3 is 4.55 Å². The first-order chi connectivity index (χ1) is 8.79. The molecule has 1 aromatic rings. The van der Waals surface area contributed by atoms with Crippen LogP contribution in [-0.2, 0) is 11.4 Å². The molecule has 4 heteroatoms. The standard InChI is InChI=1S/C15H22FNOS/c1-10(17-19(18)15(2,3)4)13-8-7-12(9-14(13)16)11-5-6-11/h7-11,17H,5-6H2,1-4H3/t10-,19?/m0/s1. The Morgan fingerprint density at radius 1 is 1.37 bits per heavy atom. The lowest BCUT2D eigenvalue weighted by molar-refractivity contribution is 0.522. The highest BCUT2D eigenvalue weighted by atomic mass is 32.2. The van der Waals surface area contributed by atoms with Crippen LogP contribution in [0.4, 0.5) is 4.39 Å². The lowest BCUT2D eigenvalue weighted by Crippen LogP contribution is -2.40. The Morgan fingerprint density at radius 3 is 2.47 bits per heavy atom. The zero-order valence-electron chi connectivity index (χ0n) is 12.0. The molecular weight excluding hydrogens is 261 g/mol. The van der Waals surface area contributed by atoms with Crippen molar-refractivity contribution in [2.24, 2.45) is 0 Å². The van der Waals surface area contributed by atoms with Crippen LogP contribution in [0.15, 0.2) is 18.2 Å². The van der Waals surface area contributed by atoms with Crippen molar-refractivity contribution in [3.05, 3.63) is 35.1 Å². The molecule has 1 saturated carbocycles. The van der Waals surface area contributed by atoms with Crippen LogP contribution in [0.25, 0.3) is 0 Å². The van der Waals surface area contributed by atoms with E-state index in [1.165, 1.54) is 12.8 Å². The predicted molar refractivity (Wildman–Crippen MR) is 77.8 cm³/mol. The number of hydrogen-bond acceptors (Lipinski definition) is 2. The summed E-state index contributed by atoms with van der Waals surface area (Å²) in [6.45, 7) is 7.54. The van der Waals surface area contributed by atoms with Crippen LogP contribution in [0.1, 0.15) is 63.6 Å². The summed E-state index contributed by atoms with van der Waals surface area (Å²) in [6, 6.07) is 5.19. The van der Waals surface area contributed by atoms with Crippen LogP contribution in [0.5, 0.6) is 0 Å². The van der Waals surface area contributed by atoms with Gasteiger partial charge >= 0.3 is 0 Å². The summed E-state index contributed by atoms with van der Waals surface area (Å²) in [5.74, 6) is 0.353. The molecule has 0 spiro atoms. The quantitative estimate of drug-likeness (QED) is 0.853. The van der Waals surface area contributed by atoms with Crippen molar-refractivity contribution in [2.45, 2.75) is 57.2 Å². The van der Waals surface area contributed by atoms with Gasteiger partial charge in [-0.2, -0.15) is 0 Å². The second-order valence-electron chi connectivity index (χ2n) is 6.28. The molecule has 2 atom stereocenters. The molecule has 0 amide bonds. The highest BCUT2D eigenvalue weighted by molar-refractivity contribution is 7.90. The van der Waals surface area contributed by atoms with Gasteiger partial charge in [0.05, 0.1) is 6.04 Å². The molecular formula is C15H22FNOS. The van der Waals surface area contributed by atoms with Crippen molar-refractivity contribution >= 4 is 11.4 Å². The van der Waals surface area contributed by atoms with Crippen molar-refractivity contribution in [2.75, 3.05) is 0 Å². The van der Waals surface area contributed by atoms with Gasteiger partial charge in [-0.3, -0.25) is 0 Å². The zero-order valence-corrected chi connectivity index (χ0v) is 12.8. The van der Waals surface area contributed by atoms with E-state index in [-0.39, 0.29) is 16.6 Å². The molecule has 0 radical (unpaired) electrons. The Labute approximate surface area is 118 Å². The molecule has 2 nitrogen and oxygen atoms in total. The third-order valence-electron chi connectivity index (χ3n) is 3.38. The van der Waals surface area contributed by atoms with Gasteiger partial charge in [0.2, 0.25) is 0 Å². The van der Waals surface area contributed by atoms with E-state index in [2.05, 4.69) is 4.72 Å². The van der Waals surface area contributed by atoms with Gasteiger partial charge in [-0.05, 0) is 58.1 Å². The monoisotopic (exact) mass is 283 g/mol. The van der Waals surface area contributed by atoms with E-state index in [1.54, 1.807) is 6.07 Å². The first kappa shape index (κ1) is 14.8. The number of nitrogens with one attached hydrogen (secondary N) is 1. The minimum absolute atomic E-state index is 0.199. The summed E-state index contributed by atoms with van der Waals surface area (Å²) in [5.41, 5.74) is 1.67. The van der Waals surface area contributed by atoms with E-state index in [0.29, 0.717) is 11.5 Å². The molecule has 1 aliphatic rings. The fourth-order valence-electron chi connectivity index (χ4n) is 1.97. The summed E-state index contributed by atoms with van der Waals surface area (Å²) in [7, 11) is 0. The van der Waals surface area contributed by atoms with Crippen LogP contribution in [0, 0.1) is 5.82 Å². The van der Waals surface area contributed by atoms with Gasteiger partial charge in [0.15, 0.2) is 0 Å². The molecule has 2 rings (SSSR count). The minimum atomic E-state index is -1.19. The normalized spacial score (nSPS) is 19.3. The Hall–Kier alpha value is -0.580. The molecule has 1 fully saturated rings. The molecule has 0 saturated heterocycles. The average molecular weight is 283 g/mol. The maximum Gasteiger partial charge on any atom is 0.136 e. The second kappa shape index (κ2) is 5.43. The molecule has 0 aliphatic heterocycles. The molecule has 19 heavy (non-hydrogen) atoms. The number of halogens is 1. The molecule has 1 unspecified atom stereocenters. The Balaban J connectivity index is 2.08. The van der Waals surface area contributed by atoms with Crippen molar-refractivity contribution in [3.63, 3.8) is 0 Å². The topological polar surface area (TPSA) is 35.1 Å². The highest BCUT2D eigenvalue weighted by Gasteiger charge is 2.30. The summed E-state index contributed by atoms with van der Waals surface area (Å²) >= 11 is -1.19. The van der Waals surface area contributed by atoms with Crippen LogP contribution in [0.3, 0.4) is 0 Å². The molecule has 0 heterocycles. The van der Waals surface area contributed by atoms with Gasteiger partial charge in [0, 0.05) is 16.9 Å². The van der Waals surface area contributed by atoms with Crippen molar-refractivity contribution in [1.29, 1.82) is 0 Å². The first-order valence-electron chi connectivity index (χ1n) is 6.76. The Morgan fingerprint density at radius 2 is 2.00 bits per heavy atom. The van der Waals surface area contributed by atoms with E-state index in [4.69, 9.17) is 0 Å². The molecule has 0 bridgehead atoms. The Kier molecular flexibility index (Phi) is 4.23. The van der Waals surface area contributed by atoms with E-state index in [1.807, 2.05) is 39.8 Å². The fraction of sp³-hybridized carbons (Fsp3) is 0.600. The van der Waals surface area contributed by atoms with Gasteiger partial charge in [-0.1, -0.05) is 12.1 Å². The van der Waals surface area contributed by atoms with E-state index < -0.39 is 11.4 Å². The average Bonchev–Trinajstić information content (AvgIpc) is 3.10. The van der Waals surface area contributed by atoms with E-state index in [0.717, 1.165) is 5.56 Å². The highest BCUT2D eigenvalue weighted by Crippen LogP contribution is 2.40. The second-order valence-corrected chi connectivity index (χ2v) is 8.27. The van der Waals surface area contributed by atoms with Crippen LogP contribution >= 0.6 is 0 Å². The van der Waals surface area contributed by atoms with Crippen molar-refractivity contribution in [1.82, 2.24) is 4.72 Å². The van der Waals surface area contributed by atoms with Crippen LogP contribution < -0.4 is 4.72 Å². The van der Waals surface area contributed by atoms with Crippen molar-refractivity contribution in [3.8, 4) is 0 Å². The lowest BCUT2D eigenvalue weighted by atomic mass is 10.0. The maximum absolute atomic E-state index is 14.1. The number of rotatable bonds is 4. The Bertz CT molecular complexity index is 454. The first-order valence-corrected chi connectivity index (χ1v) is 7.91. The summed E-state index contributed by atoms with van der Waals surface area (Å²) < 4.78 is 28.7. The fourth-order valence-corrected chi connectivity index (χ4v) is 2.77. The van der Waals surface area contributed by atoms with Gasteiger partial charge in [0.25, 0.3) is 0 Å². The predicted octanol–water partition coefficient (Wildman–Crippen LogP) is 3.82. The number of hydrogen-bond donors (Lipinski definition) is 1. The molecule has 1 aromatic carbocycles.